The van der Waals surface area contributed by atoms with Crippen molar-refractivity contribution in [2.75, 3.05) is 163 Å². The van der Waals surface area contributed by atoms with Gasteiger partial charge in [0, 0.05) is 166 Å². The van der Waals surface area contributed by atoms with E-state index in [1.54, 1.807) is 13.8 Å². The summed E-state index contributed by atoms with van der Waals surface area (Å²) in [7, 11) is 1.91. The number of fused-ring (bicyclic) bond motifs is 18. The number of ether oxygens (including phenoxy) is 12. The van der Waals surface area contributed by atoms with Gasteiger partial charge in [-0.1, -0.05) is 96.6 Å². The second-order valence-electron chi connectivity index (χ2n) is 37.5. The lowest BCUT2D eigenvalue weighted by atomic mass is 9.75. The van der Waals surface area contributed by atoms with Gasteiger partial charge in [-0.05, 0) is 325 Å². The summed E-state index contributed by atoms with van der Waals surface area (Å²) in [5.41, 5.74) is -8.30. The van der Waals surface area contributed by atoms with Crippen molar-refractivity contribution in [1.82, 2.24) is 29.4 Å². The fourth-order valence-corrected chi connectivity index (χ4v) is 18.5. The number of methoxy groups -OCH3 is 12. The van der Waals surface area contributed by atoms with Gasteiger partial charge in [0.05, 0.1) is 159 Å². The zero-order valence-corrected chi connectivity index (χ0v) is 82.6. The summed E-state index contributed by atoms with van der Waals surface area (Å²) in [6.07, 6.45) is -32.4. The summed E-state index contributed by atoms with van der Waals surface area (Å²) >= 11 is 0. The number of rotatable bonds is 22. The Kier molecular flexibility index (Phi) is 18.1. The van der Waals surface area contributed by atoms with Gasteiger partial charge >= 0.3 is 0 Å². The van der Waals surface area contributed by atoms with E-state index in [0.29, 0.717) is 67.5 Å². The molecule has 780 valence electrons. The molecule has 6 aromatic carbocycles. The molecular weight excluding hydrogens is 1770 g/mol. The number of hydrogen-bond acceptors (Lipinski definition) is 24. The third-order valence-electron chi connectivity index (χ3n) is 24.9. The summed E-state index contributed by atoms with van der Waals surface area (Å²) < 4.78 is 608. The van der Waals surface area contributed by atoms with Crippen molar-refractivity contribution in [2.45, 2.75) is 285 Å². The second kappa shape index (κ2) is 48.6. The Morgan fingerprint density at radius 1 is 0.336 bits per heavy atom. The second-order valence-corrected chi connectivity index (χ2v) is 37.5. The smallest absolute Gasteiger partial charge is 0.161 e. The van der Waals surface area contributed by atoms with Crippen molar-refractivity contribution < 1.29 is 177 Å². The minimum absolute atomic E-state index is 0.00489. The van der Waals surface area contributed by atoms with Crippen molar-refractivity contribution in [2.24, 2.45) is 70.0 Å². The fourth-order valence-electron chi connectivity index (χ4n) is 18.5. The van der Waals surface area contributed by atoms with Crippen LogP contribution in [-0.2, 0) is 38.4 Å². The molecule has 0 amide bonds. The lowest BCUT2D eigenvalue weighted by molar-refractivity contribution is -0.0259. The molecule has 18 atom stereocenters. The first-order valence-corrected chi connectivity index (χ1v) is 46.5. The van der Waals surface area contributed by atoms with E-state index < -0.39 is 345 Å². The molecular formula is C116H178N6O18. The van der Waals surface area contributed by atoms with Gasteiger partial charge in [-0.3, -0.25) is 29.4 Å². The number of aliphatic hydroxyl groups is 6. The minimum Gasteiger partial charge on any atom is -0.493 e. The highest BCUT2D eigenvalue weighted by Gasteiger charge is 2.47. The van der Waals surface area contributed by atoms with Crippen LogP contribution in [0.2, 0.25) is 0 Å². The van der Waals surface area contributed by atoms with Gasteiger partial charge in [0.2, 0.25) is 0 Å². The maximum atomic E-state index is 11.5. The monoisotopic (exact) mass is 2010 g/mol. The van der Waals surface area contributed by atoms with E-state index in [2.05, 4.69) is 0 Å². The van der Waals surface area contributed by atoms with Crippen LogP contribution in [0.5, 0.6) is 69.0 Å². The maximum Gasteiger partial charge on any atom is 0.161 e. The normalized spacial score (nSPS) is 42.9. The molecule has 0 aromatic heterocycles. The molecule has 18 rings (SSSR count). The Labute approximate surface area is 931 Å². The molecule has 0 radical (unpaired) electrons. The Balaban J connectivity index is 0.000000198. The average molecular weight is 2010 g/mol. The first-order valence-electron chi connectivity index (χ1n) is 79.0. The predicted molar refractivity (Wildman–Crippen MR) is 556 cm³/mol. The van der Waals surface area contributed by atoms with Gasteiger partial charge in [-0.15, -0.1) is 0 Å². The van der Waals surface area contributed by atoms with E-state index in [1.807, 2.05) is 41.5 Å². The van der Waals surface area contributed by atoms with Gasteiger partial charge in [-0.2, -0.15) is 0 Å². The van der Waals surface area contributed by atoms with Crippen LogP contribution in [-0.4, -0.2) is 260 Å². The Morgan fingerprint density at radius 2 is 0.586 bits per heavy atom. The molecule has 24 nitrogen and oxygen atoms in total. The van der Waals surface area contributed by atoms with Gasteiger partial charge in [0.1, 0.15) is 0 Å². The molecule has 6 saturated heterocycles. The molecule has 0 spiro atoms. The van der Waals surface area contributed by atoms with Crippen LogP contribution in [0.3, 0.4) is 0 Å². The summed E-state index contributed by atoms with van der Waals surface area (Å²) in [6.45, 7) is -15.7. The van der Waals surface area contributed by atoms with Crippen molar-refractivity contribution in [3.8, 4) is 69.0 Å². The zero-order chi connectivity index (χ0) is 158. The first-order chi connectivity index (χ1) is 92.3. The molecule has 0 aliphatic carbocycles. The largest absolute Gasteiger partial charge is 0.493 e. The van der Waals surface area contributed by atoms with E-state index in [9.17, 15) is 36.1 Å². The van der Waals surface area contributed by atoms with Crippen LogP contribution < -0.4 is 56.8 Å². The summed E-state index contributed by atoms with van der Waals surface area (Å²) in [4.78, 5) is 5.96. The highest BCUT2D eigenvalue weighted by atomic mass is 16.5. The number of benzene rings is 6. The molecule has 12 heterocycles. The third-order valence-corrected chi connectivity index (χ3v) is 24.9. The standard InChI is InChI=1S/2C20H31NO3.4C19H29NO3/c2*1-20(2,3)11-14-12-21-7-6-13-8-18(23-4)19(24-5)9-15(13)16(21)10-17(14)22;4*1-12(2)7-14-11-20-6-5-13-8-18(22-3)19(23-4)9-15(13)16(20)10-17(14)21/h2*8-9,14,16-17,22H,6-7,10-12H2,1-5H3;4*8-9,12,14,16-17,21H,5-7,10-11H2,1-4H3/i1D3,2D3,5D3,6D2,7D2,8D,9D,10D2,11D2,14D,17D;1D3,2D3,8D,9D,11D2,12D2,16D;4D3,5D2,6D2,8D,9D,10D2,14D,17D;4D3,8D,9D,11D2,16D;2*8D,9D,11D2,16D. The van der Waals surface area contributed by atoms with Crippen LogP contribution in [0.25, 0.3) is 0 Å². The Morgan fingerprint density at radius 3 is 0.871 bits per heavy atom. The maximum absolute atomic E-state index is 11.5. The SMILES string of the molecule is [2H]c1c(OC([2H])([2H])[2H])c(OC)c([2H])c2c1C1N(CC([2H])(C([2H])([2H])C(C)(C([2H])([2H])[2H])C([2H])([2H])[2H])C([2H])(O)C1([2H])[2H])C([2H])([2H])C2([2H])[2H].[2H]c1c(OC([2H])([2H])[2H])c(OC)c([2H])c2c1C1N(CC([2H])(CC(C)C)C([2H])(O)C1([2H])[2H])C([2H])([2H])C2([2H])[2H].[2H]c1c2c(c([2H])c(OC([2H])([2H])[2H])c1OC)C1([2H])CC(O)C(CC(C)C)C([2H])([2H])N1CC2.[2H]c1c2c(c([2H])c(OC)c1OC)C1([2H])CC(O)C(C([2H])([2H])C(C)(C([2H])([2H])[2H])C([2H])([2H])[2H])C([2H])([2H])N1CC2.[2H]c1c2c(c([2H])c(OC)c1OC)C1([2H])CC(O)C(CC(C)C)C([2H])([2H])N1CC2.[2H]c1c2c(c([2H])c(OC)c1OC)C1([2H])CC(O)C(CC(C)C)C([2H])([2H])N1CC2. The molecule has 6 aromatic rings. The summed E-state index contributed by atoms with van der Waals surface area (Å²) in [5, 5.41) is 66.4. The van der Waals surface area contributed by atoms with Crippen molar-refractivity contribution in [3.63, 3.8) is 0 Å². The Bertz CT molecular complexity index is 8140. The summed E-state index contributed by atoms with van der Waals surface area (Å²) in [5.74, 6) is -13.9. The molecule has 6 N–H and O–H groups in total. The van der Waals surface area contributed by atoms with E-state index >= 15 is 0 Å². The van der Waals surface area contributed by atoms with E-state index in [-0.39, 0.29) is 204 Å². The molecule has 18 unspecified atom stereocenters. The lowest BCUT2D eigenvalue weighted by Crippen LogP contribution is -2.48. The quantitative estimate of drug-likeness (QED) is 0.0369. The molecule has 12 aliphatic heterocycles. The zero-order valence-electron chi connectivity index (χ0n) is 148. The van der Waals surface area contributed by atoms with Gasteiger partial charge < -0.3 is 87.5 Å². The predicted octanol–water partition coefficient (Wildman–Crippen LogP) is 19.0. The topological polar surface area (TPSA) is 252 Å². The van der Waals surface area contributed by atoms with E-state index in [1.165, 1.54) is 64.5 Å². The first kappa shape index (κ1) is 52.2. The van der Waals surface area contributed by atoms with Crippen LogP contribution in [0.4, 0.5) is 0 Å². The third kappa shape index (κ3) is 26.3. The van der Waals surface area contributed by atoms with Crippen LogP contribution in [0.15, 0.2) is 72.5 Å². The van der Waals surface area contributed by atoms with Gasteiger partial charge in [0.25, 0.3) is 0 Å². The Hall–Kier alpha value is -7.56. The van der Waals surface area contributed by atoms with Gasteiger partial charge in [0.15, 0.2) is 69.0 Å². The molecule has 24 heteroatoms. The van der Waals surface area contributed by atoms with E-state index in [0.717, 1.165) is 19.1 Å². The minimum atomic E-state index is -4.20. The highest BCUT2D eigenvalue weighted by molar-refractivity contribution is 5.55. The van der Waals surface area contributed by atoms with Crippen molar-refractivity contribution in [1.29, 1.82) is 0 Å². The molecule has 12 aliphatic rings. The lowest BCUT2D eigenvalue weighted by Gasteiger charge is -2.47. The number of piperidine rings is 6. The van der Waals surface area contributed by atoms with Crippen molar-refractivity contribution >= 4 is 0 Å². The van der Waals surface area contributed by atoms with Crippen LogP contribution in [0, 0.1) is 70.0 Å². The number of aliphatic hydroxyl groups excluding tert-OH is 4. The number of hydrogen-bond donors (Lipinski definition) is 6. The average Bonchev–Trinajstić information content (AvgIpc) is 0.649. The molecule has 6 fully saturated rings. The van der Waals surface area contributed by atoms with Crippen LogP contribution >= 0.6 is 0 Å². The van der Waals surface area contributed by atoms with Crippen molar-refractivity contribution in [3.05, 3.63) is 139 Å². The molecule has 0 bridgehead atoms. The molecule has 140 heavy (non-hydrogen) atoms. The number of nitrogens with zero attached hydrogens (tertiary/aromatic N) is 6. The summed E-state index contributed by atoms with van der Waals surface area (Å²) in [6, 6.07) is -17.1. The van der Waals surface area contributed by atoms with E-state index in [4.69, 9.17) is 140 Å². The highest BCUT2D eigenvalue weighted by Crippen LogP contribution is 2.53. The van der Waals surface area contributed by atoms with Gasteiger partial charge in [-0.25, -0.2) is 0 Å². The fraction of sp³-hybridized carbons (Fsp3) is 0.690. The van der Waals surface area contributed by atoms with Crippen LogP contribution in [0.1, 0.15) is 366 Å². The molecule has 0 saturated carbocycles.